The number of hydrogen-bond donors (Lipinski definition) is 2. The van der Waals surface area contributed by atoms with Crippen LogP contribution >= 0.6 is 11.6 Å². The topological polar surface area (TPSA) is 54.2 Å². The Morgan fingerprint density at radius 1 is 1.29 bits per heavy atom. The third-order valence-corrected chi connectivity index (χ3v) is 4.80. The molecule has 24 heavy (non-hydrogen) atoms. The van der Waals surface area contributed by atoms with Gasteiger partial charge in [-0.25, -0.2) is 0 Å². The van der Waals surface area contributed by atoms with Crippen LogP contribution < -0.4 is 10.6 Å². The van der Waals surface area contributed by atoms with Crippen molar-refractivity contribution in [2.24, 2.45) is 4.99 Å². The van der Waals surface area contributed by atoms with Gasteiger partial charge in [0, 0.05) is 49.5 Å². The Morgan fingerprint density at radius 3 is 2.71 bits per heavy atom. The SMILES string of the molecule is CN=C(NCCCn1cccn1)NCC1(c2ccc(Cl)cc2)CC1. The van der Waals surface area contributed by atoms with Gasteiger partial charge in [-0.1, -0.05) is 23.7 Å². The number of nitrogens with zero attached hydrogens (tertiary/aromatic N) is 3. The highest BCUT2D eigenvalue weighted by Crippen LogP contribution is 2.47. The maximum Gasteiger partial charge on any atom is 0.191 e. The van der Waals surface area contributed by atoms with Crippen LogP contribution in [0.2, 0.25) is 5.02 Å². The Bertz CT molecular complexity index is 659. The molecule has 5 nitrogen and oxygen atoms in total. The molecule has 0 radical (unpaired) electrons. The van der Waals surface area contributed by atoms with E-state index in [9.17, 15) is 0 Å². The van der Waals surface area contributed by atoms with Gasteiger partial charge in [-0.2, -0.15) is 5.10 Å². The predicted octanol–water partition coefficient (Wildman–Crippen LogP) is 2.82. The molecule has 0 spiro atoms. The third-order valence-electron chi connectivity index (χ3n) is 4.54. The average molecular weight is 346 g/mol. The summed E-state index contributed by atoms with van der Waals surface area (Å²) < 4.78 is 1.94. The van der Waals surface area contributed by atoms with Crippen LogP contribution in [0.3, 0.4) is 0 Å². The third kappa shape index (κ3) is 4.29. The molecule has 1 heterocycles. The zero-order valence-corrected chi connectivity index (χ0v) is 14.8. The van der Waals surface area contributed by atoms with E-state index in [1.54, 1.807) is 6.20 Å². The van der Waals surface area contributed by atoms with Crippen molar-refractivity contribution in [2.45, 2.75) is 31.2 Å². The zero-order valence-electron chi connectivity index (χ0n) is 14.0. The van der Waals surface area contributed by atoms with Crippen LogP contribution in [-0.2, 0) is 12.0 Å². The molecule has 1 aromatic carbocycles. The van der Waals surface area contributed by atoms with Gasteiger partial charge in [0.25, 0.3) is 0 Å². The van der Waals surface area contributed by atoms with Gasteiger partial charge in [-0.05, 0) is 43.0 Å². The lowest BCUT2D eigenvalue weighted by molar-refractivity contribution is 0.567. The van der Waals surface area contributed by atoms with Gasteiger partial charge in [-0.15, -0.1) is 0 Å². The molecule has 0 amide bonds. The lowest BCUT2D eigenvalue weighted by Gasteiger charge is -2.19. The summed E-state index contributed by atoms with van der Waals surface area (Å²) in [7, 11) is 1.81. The van der Waals surface area contributed by atoms with Crippen LogP contribution in [0.25, 0.3) is 0 Å². The number of halogens is 1. The maximum absolute atomic E-state index is 5.99. The van der Waals surface area contributed by atoms with Crippen LogP contribution in [0.4, 0.5) is 0 Å². The minimum Gasteiger partial charge on any atom is -0.356 e. The standard InChI is InChI=1S/C18H24ClN5/c1-20-17(21-10-2-12-24-13-3-11-23-24)22-14-18(8-9-18)15-4-6-16(19)7-5-15/h3-7,11,13H,2,8-10,12,14H2,1H3,(H2,20,21,22). The quantitative estimate of drug-likeness (QED) is 0.461. The van der Waals surface area contributed by atoms with Gasteiger partial charge in [0.15, 0.2) is 5.96 Å². The second kappa shape index (κ2) is 7.71. The van der Waals surface area contributed by atoms with Crippen molar-refractivity contribution in [3.05, 3.63) is 53.3 Å². The average Bonchev–Trinajstić information content (AvgIpc) is 3.21. The maximum atomic E-state index is 5.99. The molecule has 1 aromatic heterocycles. The fourth-order valence-electron chi connectivity index (χ4n) is 2.88. The van der Waals surface area contributed by atoms with Gasteiger partial charge < -0.3 is 10.6 Å². The zero-order chi connectivity index (χ0) is 16.8. The molecule has 6 heteroatoms. The highest BCUT2D eigenvalue weighted by molar-refractivity contribution is 6.30. The van der Waals surface area contributed by atoms with E-state index >= 15 is 0 Å². The van der Waals surface area contributed by atoms with E-state index in [4.69, 9.17) is 11.6 Å². The Kier molecular flexibility index (Phi) is 5.41. The number of guanidine groups is 1. The number of benzene rings is 1. The number of aromatic nitrogens is 2. The van der Waals surface area contributed by atoms with E-state index in [0.717, 1.165) is 37.0 Å². The van der Waals surface area contributed by atoms with Crippen LogP contribution in [0.5, 0.6) is 0 Å². The molecule has 3 rings (SSSR count). The van der Waals surface area contributed by atoms with Gasteiger partial charge in [0.05, 0.1) is 0 Å². The molecule has 128 valence electrons. The number of hydrogen-bond acceptors (Lipinski definition) is 2. The number of aliphatic imine (C=N–C) groups is 1. The molecular formula is C18H24ClN5. The van der Waals surface area contributed by atoms with Crippen LogP contribution in [-0.4, -0.2) is 35.9 Å². The fraction of sp³-hybridized carbons (Fsp3) is 0.444. The van der Waals surface area contributed by atoms with Gasteiger partial charge >= 0.3 is 0 Å². The van der Waals surface area contributed by atoms with Crippen molar-refractivity contribution in [2.75, 3.05) is 20.1 Å². The smallest absolute Gasteiger partial charge is 0.191 e. The molecule has 0 atom stereocenters. The monoisotopic (exact) mass is 345 g/mol. The van der Waals surface area contributed by atoms with Crippen molar-refractivity contribution < 1.29 is 0 Å². The van der Waals surface area contributed by atoms with E-state index in [1.807, 2.05) is 36.1 Å². The molecule has 2 aromatic rings. The Hall–Kier alpha value is -2.01. The molecule has 1 fully saturated rings. The summed E-state index contributed by atoms with van der Waals surface area (Å²) in [5, 5.41) is 11.8. The minimum atomic E-state index is 0.233. The van der Waals surface area contributed by atoms with Crippen molar-refractivity contribution in [3.63, 3.8) is 0 Å². The summed E-state index contributed by atoms with van der Waals surface area (Å²) in [6.45, 7) is 2.67. The van der Waals surface area contributed by atoms with Crippen LogP contribution in [0.15, 0.2) is 47.7 Å². The van der Waals surface area contributed by atoms with E-state index in [2.05, 4.69) is 32.9 Å². The first-order valence-corrected chi connectivity index (χ1v) is 8.78. The van der Waals surface area contributed by atoms with Crippen molar-refractivity contribution >= 4 is 17.6 Å². The molecule has 0 aliphatic heterocycles. The van der Waals surface area contributed by atoms with Crippen molar-refractivity contribution in [1.29, 1.82) is 0 Å². The normalized spacial score (nSPS) is 16.0. The van der Waals surface area contributed by atoms with Crippen molar-refractivity contribution in [3.8, 4) is 0 Å². The molecule has 0 bridgehead atoms. The van der Waals surface area contributed by atoms with E-state index in [-0.39, 0.29) is 5.41 Å². The number of rotatable bonds is 7. The summed E-state index contributed by atoms with van der Waals surface area (Å²) in [6.07, 6.45) is 7.20. The first-order valence-electron chi connectivity index (χ1n) is 8.40. The summed E-state index contributed by atoms with van der Waals surface area (Å²) in [5.74, 6) is 0.857. The Morgan fingerprint density at radius 2 is 2.08 bits per heavy atom. The lowest BCUT2D eigenvalue weighted by Crippen LogP contribution is -2.41. The van der Waals surface area contributed by atoms with Crippen LogP contribution in [0.1, 0.15) is 24.8 Å². The number of nitrogens with one attached hydrogen (secondary N) is 2. The molecular weight excluding hydrogens is 322 g/mol. The fourth-order valence-corrected chi connectivity index (χ4v) is 3.00. The highest BCUT2D eigenvalue weighted by atomic mass is 35.5. The van der Waals surface area contributed by atoms with E-state index in [1.165, 1.54) is 18.4 Å². The Labute approximate surface area is 148 Å². The van der Waals surface area contributed by atoms with E-state index in [0.29, 0.717) is 0 Å². The minimum absolute atomic E-state index is 0.233. The molecule has 0 unspecified atom stereocenters. The second-order valence-electron chi connectivity index (χ2n) is 6.26. The van der Waals surface area contributed by atoms with Gasteiger partial charge in [0.2, 0.25) is 0 Å². The first-order chi connectivity index (χ1) is 11.7. The summed E-state index contributed by atoms with van der Waals surface area (Å²) in [5.41, 5.74) is 1.59. The summed E-state index contributed by atoms with van der Waals surface area (Å²) in [6, 6.07) is 10.2. The molecule has 2 N–H and O–H groups in total. The predicted molar refractivity (Wildman–Crippen MR) is 98.6 cm³/mol. The first kappa shape index (κ1) is 16.8. The largest absolute Gasteiger partial charge is 0.356 e. The summed E-state index contributed by atoms with van der Waals surface area (Å²) >= 11 is 5.99. The highest BCUT2D eigenvalue weighted by Gasteiger charge is 2.44. The Balaban J connectivity index is 1.43. The van der Waals surface area contributed by atoms with Crippen LogP contribution in [0, 0.1) is 0 Å². The molecule has 1 saturated carbocycles. The molecule has 1 aliphatic rings. The molecule has 1 aliphatic carbocycles. The van der Waals surface area contributed by atoms with Gasteiger partial charge in [0.1, 0.15) is 0 Å². The van der Waals surface area contributed by atoms with Gasteiger partial charge in [-0.3, -0.25) is 9.67 Å². The number of aryl methyl sites for hydroxylation is 1. The van der Waals surface area contributed by atoms with Crippen molar-refractivity contribution in [1.82, 2.24) is 20.4 Å². The summed E-state index contributed by atoms with van der Waals surface area (Å²) in [4.78, 5) is 4.31. The molecule has 0 saturated heterocycles. The van der Waals surface area contributed by atoms with E-state index < -0.39 is 0 Å². The second-order valence-corrected chi connectivity index (χ2v) is 6.70. The lowest BCUT2D eigenvalue weighted by atomic mass is 9.96.